The maximum absolute atomic E-state index is 4.73. The normalized spacial score (nSPS) is 20.0. The topological polar surface area (TPSA) is 41.1 Å². The Morgan fingerprint density at radius 2 is 2.32 bits per heavy atom. The predicted octanol–water partition coefficient (Wildman–Crippen LogP) is 2.31. The van der Waals surface area contributed by atoms with Gasteiger partial charge in [-0.15, -0.1) is 0 Å². The molecule has 5 heteroatoms. The van der Waals surface area contributed by atoms with Crippen molar-refractivity contribution in [3.63, 3.8) is 0 Å². The van der Waals surface area contributed by atoms with Gasteiger partial charge in [0.2, 0.25) is 0 Å². The third-order valence-electron chi connectivity index (χ3n) is 3.28. The zero-order chi connectivity index (χ0) is 13.7. The van der Waals surface area contributed by atoms with Crippen LogP contribution in [0, 0.1) is 0 Å². The van der Waals surface area contributed by atoms with Crippen LogP contribution < -0.4 is 10.2 Å². The third-order valence-corrected chi connectivity index (χ3v) is 4.65. The first-order valence-electron chi connectivity index (χ1n) is 7.10. The van der Waals surface area contributed by atoms with Gasteiger partial charge in [-0.3, -0.25) is 4.98 Å². The largest absolute Gasteiger partial charge is 0.353 e. The van der Waals surface area contributed by atoms with Crippen molar-refractivity contribution in [2.24, 2.45) is 0 Å². The molecule has 0 aliphatic carbocycles. The smallest absolute Gasteiger partial charge is 0.147 e. The number of nitrogens with zero attached hydrogens (tertiary/aromatic N) is 3. The van der Waals surface area contributed by atoms with Crippen molar-refractivity contribution in [3.8, 4) is 0 Å². The van der Waals surface area contributed by atoms with Crippen molar-refractivity contribution in [1.29, 1.82) is 0 Å². The summed E-state index contributed by atoms with van der Waals surface area (Å²) in [5, 5.41) is 4.12. The van der Waals surface area contributed by atoms with Gasteiger partial charge in [-0.25, -0.2) is 4.98 Å². The molecule has 19 heavy (non-hydrogen) atoms. The summed E-state index contributed by atoms with van der Waals surface area (Å²) in [5.74, 6) is 2.22. The Labute approximate surface area is 120 Å². The van der Waals surface area contributed by atoms with E-state index < -0.39 is 0 Å². The Hall–Kier alpha value is -0.810. The number of rotatable bonds is 5. The van der Waals surface area contributed by atoms with E-state index in [1.807, 2.05) is 12.4 Å². The number of aromatic nitrogens is 2. The van der Waals surface area contributed by atoms with Gasteiger partial charge in [-0.2, -0.15) is 11.8 Å². The first-order valence-corrected chi connectivity index (χ1v) is 8.14. The molecule has 2 rings (SSSR count). The number of nitrogens with one attached hydrogen (secondary N) is 1. The molecule has 106 valence electrons. The number of hydrogen-bond acceptors (Lipinski definition) is 5. The van der Waals surface area contributed by atoms with Crippen LogP contribution in [0.1, 0.15) is 32.9 Å². The third kappa shape index (κ3) is 4.35. The van der Waals surface area contributed by atoms with Gasteiger partial charge in [0.25, 0.3) is 0 Å². The molecular formula is C14H24N4S. The lowest BCUT2D eigenvalue weighted by Crippen LogP contribution is -2.38. The highest BCUT2D eigenvalue weighted by atomic mass is 32.2. The van der Waals surface area contributed by atoms with Crippen molar-refractivity contribution < 1.29 is 0 Å². The van der Waals surface area contributed by atoms with Gasteiger partial charge in [0.1, 0.15) is 5.82 Å². The summed E-state index contributed by atoms with van der Waals surface area (Å²) >= 11 is 2.08. The van der Waals surface area contributed by atoms with Crippen molar-refractivity contribution in [2.45, 2.75) is 45.0 Å². The van der Waals surface area contributed by atoms with E-state index in [4.69, 9.17) is 4.98 Å². The van der Waals surface area contributed by atoms with Crippen molar-refractivity contribution in [1.82, 2.24) is 15.3 Å². The molecule has 4 nitrogen and oxygen atoms in total. The lowest BCUT2D eigenvalue weighted by atomic mass is 10.3. The van der Waals surface area contributed by atoms with E-state index in [0.29, 0.717) is 6.04 Å². The average Bonchev–Trinajstić information content (AvgIpc) is 2.45. The van der Waals surface area contributed by atoms with Crippen molar-refractivity contribution in [2.75, 3.05) is 23.7 Å². The Kier molecular flexibility index (Phi) is 5.45. The summed E-state index contributed by atoms with van der Waals surface area (Å²) in [6.07, 6.45) is 4.97. The Morgan fingerprint density at radius 3 is 3.05 bits per heavy atom. The molecule has 1 fully saturated rings. The van der Waals surface area contributed by atoms with Crippen LogP contribution in [-0.2, 0) is 6.54 Å². The molecule has 0 aromatic carbocycles. The van der Waals surface area contributed by atoms with E-state index in [0.717, 1.165) is 36.4 Å². The van der Waals surface area contributed by atoms with Crippen LogP contribution in [0.15, 0.2) is 12.4 Å². The Bertz CT molecular complexity index is 397. The zero-order valence-electron chi connectivity index (χ0n) is 12.1. The summed E-state index contributed by atoms with van der Waals surface area (Å²) in [7, 11) is 0. The lowest BCUT2D eigenvalue weighted by Gasteiger charge is -2.32. The second kappa shape index (κ2) is 7.10. The van der Waals surface area contributed by atoms with Crippen LogP contribution in [0.4, 0.5) is 5.82 Å². The van der Waals surface area contributed by atoms with Gasteiger partial charge >= 0.3 is 0 Å². The first-order chi connectivity index (χ1) is 9.19. The Balaban J connectivity index is 2.01. The van der Waals surface area contributed by atoms with Crippen LogP contribution in [0.5, 0.6) is 0 Å². The molecule has 0 bridgehead atoms. The van der Waals surface area contributed by atoms with Crippen molar-refractivity contribution >= 4 is 17.6 Å². The molecule has 0 amide bonds. The highest BCUT2D eigenvalue weighted by Crippen LogP contribution is 2.24. The molecule has 1 aromatic heterocycles. The fourth-order valence-electron chi connectivity index (χ4n) is 2.12. The highest BCUT2D eigenvalue weighted by Gasteiger charge is 2.20. The molecule has 1 aliphatic heterocycles. The zero-order valence-corrected chi connectivity index (χ0v) is 12.9. The quantitative estimate of drug-likeness (QED) is 0.896. The molecule has 1 aromatic rings. The summed E-state index contributed by atoms with van der Waals surface area (Å²) in [4.78, 5) is 11.4. The molecule has 1 unspecified atom stereocenters. The predicted molar refractivity (Wildman–Crippen MR) is 82.8 cm³/mol. The second-order valence-corrected chi connectivity index (χ2v) is 6.66. The van der Waals surface area contributed by atoms with Gasteiger partial charge in [0, 0.05) is 42.9 Å². The summed E-state index contributed by atoms with van der Waals surface area (Å²) in [6.45, 7) is 9.51. The molecule has 1 N–H and O–H groups in total. The van der Waals surface area contributed by atoms with Crippen LogP contribution >= 0.6 is 11.8 Å². The van der Waals surface area contributed by atoms with Crippen LogP contribution in [0.25, 0.3) is 0 Å². The monoisotopic (exact) mass is 280 g/mol. The van der Waals surface area contributed by atoms with Crippen LogP contribution in [0.2, 0.25) is 0 Å². The van der Waals surface area contributed by atoms with Crippen molar-refractivity contribution in [3.05, 3.63) is 18.1 Å². The molecular weight excluding hydrogens is 256 g/mol. The molecule has 0 spiro atoms. The van der Waals surface area contributed by atoms with Gasteiger partial charge in [-0.1, -0.05) is 20.8 Å². The SMILES string of the molecule is CCC1CN(c2cncc(CNC(C)C)n2)CCS1. The summed E-state index contributed by atoms with van der Waals surface area (Å²) in [5.41, 5.74) is 1.03. The Morgan fingerprint density at radius 1 is 1.47 bits per heavy atom. The van der Waals surface area contributed by atoms with E-state index in [9.17, 15) is 0 Å². The molecule has 1 saturated heterocycles. The van der Waals surface area contributed by atoms with E-state index in [1.54, 1.807) is 0 Å². The number of anilines is 1. The van der Waals surface area contributed by atoms with Gasteiger partial charge in [0.15, 0.2) is 0 Å². The second-order valence-electron chi connectivity index (χ2n) is 5.25. The van der Waals surface area contributed by atoms with E-state index in [2.05, 4.69) is 47.7 Å². The minimum Gasteiger partial charge on any atom is -0.353 e. The van der Waals surface area contributed by atoms with Gasteiger partial charge in [0.05, 0.1) is 11.9 Å². The molecule has 0 saturated carbocycles. The number of hydrogen-bond donors (Lipinski definition) is 1. The van der Waals surface area contributed by atoms with Gasteiger partial charge in [-0.05, 0) is 6.42 Å². The van der Waals surface area contributed by atoms with Crippen LogP contribution in [-0.4, -0.2) is 40.1 Å². The standard InChI is InChI=1S/C14H24N4S/c1-4-13-10-18(5-6-19-13)14-9-15-7-12(17-14)8-16-11(2)3/h7,9,11,13,16H,4-6,8,10H2,1-3H3. The maximum atomic E-state index is 4.73. The summed E-state index contributed by atoms with van der Waals surface area (Å²) < 4.78 is 0. The average molecular weight is 280 g/mol. The maximum Gasteiger partial charge on any atom is 0.147 e. The first kappa shape index (κ1) is 14.6. The molecule has 1 atom stereocenters. The minimum atomic E-state index is 0.473. The summed E-state index contributed by atoms with van der Waals surface area (Å²) in [6, 6.07) is 0.473. The van der Waals surface area contributed by atoms with Crippen LogP contribution in [0.3, 0.4) is 0 Å². The molecule has 2 heterocycles. The van der Waals surface area contributed by atoms with E-state index in [-0.39, 0.29) is 0 Å². The highest BCUT2D eigenvalue weighted by molar-refractivity contribution is 8.00. The van der Waals surface area contributed by atoms with E-state index in [1.165, 1.54) is 12.2 Å². The van der Waals surface area contributed by atoms with E-state index >= 15 is 0 Å². The fraction of sp³-hybridized carbons (Fsp3) is 0.714. The fourth-order valence-corrected chi connectivity index (χ4v) is 3.30. The lowest BCUT2D eigenvalue weighted by molar-refractivity contribution is 0.579. The molecule has 0 radical (unpaired) electrons. The number of thioether (sulfide) groups is 1. The van der Waals surface area contributed by atoms with Gasteiger partial charge < -0.3 is 10.2 Å². The minimum absolute atomic E-state index is 0.473. The molecule has 1 aliphatic rings.